The monoisotopic (exact) mass is 417 g/mol. The van der Waals surface area contributed by atoms with E-state index in [1.165, 1.54) is 23.5 Å². The predicted molar refractivity (Wildman–Crippen MR) is 120 cm³/mol. The molecule has 1 aromatic heterocycles. The van der Waals surface area contributed by atoms with Crippen LogP contribution in [0.1, 0.15) is 16.2 Å². The molecule has 0 unspecified atom stereocenters. The molecule has 0 fully saturated rings. The van der Waals surface area contributed by atoms with Crippen molar-refractivity contribution in [1.82, 2.24) is 9.55 Å². The van der Waals surface area contributed by atoms with Crippen molar-refractivity contribution in [3.8, 4) is 5.69 Å². The Balaban J connectivity index is 1.61. The van der Waals surface area contributed by atoms with E-state index in [0.29, 0.717) is 16.9 Å². The summed E-state index contributed by atoms with van der Waals surface area (Å²) in [4.78, 5) is 17.4. The van der Waals surface area contributed by atoms with Crippen LogP contribution in [0.3, 0.4) is 0 Å². The molecule has 0 saturated heterocycles. The number of benzene rings is 3. The highest BCUT2D eigenvalue weighted by Crippen LogP contribution is 2.23. The van der Waals surface area contributed by atoms with E-state index in [4.69, 9.17) is 11.7 Å². The Bertz CT molecular complexity index is 1260. The van der Waals surface area contributed by atoms with Crippen LogP contribution in [-0.2, 0) is 0 Å². The highest BCUT2D eigenvalue weighted by molar-refractivity contribution is 6.06. The van der Waals surface area contributed by atoms with Crippen LogP contribution >= 0.6 is 0 Å². The van der Waals surface area contributed by atoms with E-state index in [0.717, 1.165) is 22.5 Å². The van der Waals surface area contributed by atoms with Crippen LogP contribution in [0, 0.1) is 12.7 Å². The van der Waals surface area contributed by atoms with Crippen molar-refractivity contribution in [3.05, 3.63) is 83.9 Å². The second-order valence-electron chi connectivity index (χ2n) is 6.85. The highest BCUT2D eigenvalue weighted by atomic mass is 19.1. The smallest absolute Gasteiger partial charge is 0.255 e. The Hall–Kier alpha value is -4.24. The molecule has 0 bridgehead atoms. The summed E-state index contributed by atoms with van der Waals surface area (Å²) in [6, 6.07) is 18.3. The zero-order valence-electron chi connectivity index (χ0n) is 16.7. The van der Waals surface area contributed by atoms with Gasteiger partial charge in [-0.05, 0) is 73.7 Å². The van der Waals surface area contributed by atoms with Gasteiger partial charge in [-0.15, -0.1) is 0 Å². The highest BCUT2D eigenvalue weighted by Gasteiger charge is 2.13. The van der Waals surface area contributed by atoms with E-state index in [1.807, 2.05) is 11.5 Å². The molecule has 0 aliphatic heterocycles. The third kappa shape index (κ3) is 4.07. The van der Waals surface area contributed by atoms with Gasteiger partial charge >= 0.3 is 0 Å². The van der Waals surface area contributed by atoms with Crippen molar-refractivity contribution < 1.29 is 9.18 Å². The van der Waals surface area contributed by atoms with Gasteiger partial charge in [0.05, 0.1) is 16.7 Å². The number of hydrazine groups is 1. The summed E-state index contributed by atoms with van der Waals surface area (Å²) in [5.74, 6) is 11.0. The fourth-order valence-electron chi connectivity index (χ4n) is 3.31. The molecule has 1 amide bonds. The average molecular weight is 417 g/mol. The summed E-state index contributed by atoms with van der Waals surface area (Å²) in [6.45, 7) is 1.86. The number of aromatic nitrogens is 2. The number of amides is 1. The number of hydrogen-bond acceptors (Lipinski definition) is 5. The number of hydrogen-bond donors (Lipinski definition) is 3. The van der Waals surface area contributed by atoms with Crippen molar-refractivity contribution in [2.75, 3.05) is 10.3 Å². The maximum Gasteiger partial charge on any atom is 0.255 e. The third-order valence-corrected chi connectivity index (χ3v) is 4.78. The Morgan fingerprint density at radius 1 is 1.13 bits per heavy atom. The molecule has 0 atom stereocenters. The topological polar surface area (TPSA) is 115 Å². The van der Waals surface area contributed by atoms with Crippen molar-refractivity contribution in [3.63, 3.8) is 0 Å². The van der Waals surface area contributed by atoms with Gasteiger partial charge in [0.2, 0.25) is 0 Å². The lowest BCUT2D eigenvalue weighted by molar-refractivity contribution is 0.102. The van der Waals surface area contributed by atoms with Crippen LogP contribution in [-0.4, -0.2) is 21.8 Å². The molecule has 9 heteroatoms. The zero-order chi connectivity index (χ0) is 22.0. The fraction of sp³-hybridized carbons (Fsp3) is 0.0455. The number of imidazole rings is 1. The van der Waals surface area contributed by atoms with Gasteiger partial charge in [-0.2, -0.15) is 5.10 Å². The van der Waals surface area contributed by atoms with Crippen LogP contribution in [0.4, 0.5) is 15.8 Å². The number of nitrogens with zero attached hydrogens (tertiary/aromatic N) is 4. The molecule has 0 saturated carbocycles. The van der Waals surface area contributed by atoms with Crippen molar-refractivity contribution in [2.24, 2.45) is 16.8 Å². The number of aryl methyl sites for hydroxylation is 1. The van der Waals surface area contributed by atoms with E-state index in [2.05, 4.69) is 15.4 Å². The summed E-state index contributed by atoms with van der Waals surface area (Å²) in [6.07, 6.45) is 1.27. The molecule has 0 aliphatic carbocycles. The van der Waals surface area contributed by atoms with Crippen LogP contribution in [0.15, 0.2) is 71.8 Å². The minimum Gasteiger partial charge on any atom is -0.322 e. The molecule has 0 aliphatic rings. The summed E-state index contributed by atoms with van der Waals surface area (Å²) < 4.78 is 15.2. The van der Waals surface area contributed by atoms with Crippen molar-refractivity contribution in [1.29, 1.82) is 0 Å². The SMILES string of the molecule is Cc1nc2ccc(C(=O)Nc3ccc(N(N)/C=N\N)cc3)cc2n1-c1ccc(F)cc1. The number of fused-ring (bicyclic) bond motifs is 1. The van der Waals surface area contributed by atoms with Crippen molar-refractivity contribution in [2.45, 2.75) is 6.92 Å². The van der Waals surface area contributed by atoms with Gasteiger partial charge in [0, 0.05) is 16.9 Å². The van der Waals surface area contributed by atoms with E-state index in [-0.39, 0.29) is 11.7 Å². The molecule has 3 aromatic carbocycles. The van der Waals surface area contributed by atoms with Gasteiger partial charge in [0.1, 0.15) is 18.0 Å². The quantitative estimate of drug-likeness (QED) is 0.199. The van der Waals surface area contributed by atoms with E-state index >= 15 is 0 Å². The first kappa shape index (κ1) is 20.0. The predicted octanol–water partition coefficient (Wildman–Crippen LogP) is 3.31. The second-order valence-corrected chi connectivity index (χ2v) is 6.85. The first-order valence-corrected chi connectivity index (χ1v) is 9.40. The number of rotatable bonds is 5. The fourth-order valence-corrected chi connectivity index (χ4v) is 3.31. The van der Waals surface area contributed by atoms with Crippen molar-refractivity contribution >= 4 is 34.7 Å². The normalized spacial score (nSPS) is 11.2. The molecule has 156 valence electrons. The number of nitrogens with one attached hydrogen (secondary N) is 1. The molecule has 4 aromatic rings. The molecule has 5 N–H and O–H groups in total. The van der Waals surface area contributed by atoms with Gasteiger partial charge in [-0.25, -0.2) is 15.2 Å². The molecular weight excluding hydrogens is 397 g/mol. The maximum atomic E-state index is 13.3. The summed E-state index contributed by atoms with van der Waals surface area (Å²) in [5, 5.41) is 7.48. The van der Waals surface area contributed by atoms with Gasteiger partial charge in [-0.3, -0.25) is 14.4 Å². The van der Waals surface area contributed by atoms with Crippen LogP contribution < -0.4 is 22.0 Å². The number of hydrazone groups is 1. The molecule has 4 rings (SSSR count). The van der Waals surface area contributed by atoms with E-state index < -0.39 is 0 Å². The second kappa shape index (κ2) is 8.25. The van der Waals surface area contributed by atoms with Gasteiger partial charge in [0.15, 0.2) is 0 Å². The van der Waals surface area contributed by atoms with E-state index in [9.17, 15) is 9.18 Å². The minimum atomic E-state index is -0.315. The first-order valence-electron chi connectivity index (χ1n) is 9.40. The standard InChI is InChI=1S/C22H20FN7O/c1-14-27-20-11-2-15(12-21(20)30(14)19-7-3-16(23)4-8-19)22(31)28-17-5-9-18(10-6-17)29(25)13-26-24/h2-13H,24-25H2,1H3,(H,28,31)/b26-13-. The lowest BCUT2D eigenvalue weighted by Gasteiger charge is -2.13. The Labute approximate surface area is 177 Å². The zero-order valence-corrected chi connectivity index (χ0v) is 16.7. The van der Waals surface area contributed by atoms with Gasteiger partial charge in [-0.1, -0.05) is 0 Å². The molecular formula is C22H20FN7O. The van der Waals surface area contributed by atoms with Crippen LogP contribution in [0.5, 0.6) is 0 Å². The molecule has 31 heavy (non-hydrogen) atoms. The molecule has 1 heterocycles. The molecule has 8 nitrogen and oxygen atoms in total. The number of halogens is 1. The van der Waals surface area contributed by atoms with Crippen LogP contribution in [0.25, 0.3) is 16.7 Å². The number of nitrogens with two attached hydrogens (primary N) is 2. The number of anilines is 2. The lowest BCUT2D eigenvalue weighted by atomic mass is 10.1. The minimum absolute atomic E-state index is 0.271. The lowest BCUT2D eigenvalue weighted by Crippen LogP contribution is -2.29. The van der Waals surface area contributed by atoms with Crippen LogP contribution in [0.2, 0.25) is 0 Å². The average Bonchev–Trinajstić information content (AvgIpc) is 3.10. The number of carbonyl (C=O) groups is 1. The summed E-state index contributed by atoms with van der Waals surface area (Å²) >= 11 is 0. The third-order valence-electron chi connectivity index (χ3n) is 4.78. The Morgan fingerprint density at radius 3 is 2.52 bits per heavy atom. The first-order chi connectivity index (χ1) is 15.0. The number of carbonyl (C=O) groups excluding carboxylic acids is 1. The largest absolute Gasteiger partial charge is 0.322 e. The van der Waals surface area contributed by atoms with Gasteiger partial charge in [0.25, 0.3) is 5.91 Å². The molecule has 0 radical (unpaired) electrons. The van der Waals surface area contributed by atoms with E-state index in [1.54, 1.807) is 54.6 Å². The Morgan fingerprint density at radius 2 is 1.84 bits per heavy atom. The Kier molecular flexibility index (Phi) is 5.33. The van der Waals surface area contributed by atoms with Gasteiger partial charge < -0.3 is 11.2 Å². The maximum absolute atomic E-state index is 13.3. The summed E-state index contributed by atoms with van der Waals surface area (Å²) in [5.41, 5.74) is 4.00. The summed E-state index contributed by atoms with van der Waals surface area (Å²) in [7, 11) is 0. The molecule has 0 spiro atoms.